The summed E-state index contributed by atoms with van der Waals surface area (Å²) >= 11 is 0. The lowest BCUT2D eigenvalue weighted by Crippen LogP contribution is -2.29. The molecule has 0 saturated carbocycles. The van der Waals surface area contributed by atoms with Gasteiger partial charge in [-0.05, 0) is 190 Å². The first-order chi connectivity index (χ1) is 35.0. The van der Waals surface area contributed by atoms with E-state index in [0.29, 0.717) is 0 Å². The third kappa shape index (κ3) is 5.65. The molecule has 0 spiro atoms. The van der Waals surface area contributed by atoms with Crippen LogP contribution in [-0.4, -0.2) is 10.2 Å². The molecular formula is C69H42O2. The Morgan fingerprint density at radius 2 is 0.563 bits per heavy atom. The number of rotatable bonds is 4. The Morgan fingerprint density at radius 3 is 0.986 bits per heavy atom. The third-order valence-corrected chi connectivity index (χ3v) is 15.8. The maximum atomic E-state index is 12.2. The van der Waals surface area contributed by atoms with Gasteiger partial charge in [-0.25, -0.2) is 0 Å². The summed E-state index contributed by atoms with van der Waals surface area (Å²) in [6.45, 7) is 0. The molecule has 1 aliphatic carbocycles. The highest BCUT2D eigenvalue weighted by Gasteiger charge is 2.49. The van der Waals surface area contributed by atoms with Crippen LogP contribution < -0.4 is 0 Å². The van der Waals surface area contributed by atoms with Gasteiger partial charge in [-0.3, -0.25) is 0 Å². The monoisotopic (exact) mass is 902 g/mol. The van der Waals surface area contributed by atoms with Crippen LogP contribution in [0, 0.1) is 0 Å². The highest BCUT2D eigenvalue weighted by atomic mass is 16.3. The normalized spacial score (nSPS) is 13.0. The molecule has 0 aromatic heterocycles. The standard InChI is InChI=1S/C69H42O2/c70-47-37-61-49-17-5-1-13-41(49)25-29-57(61)67(39-47)69(68-40-48(71)38-62-50-18-6-2-14-42(50)26-30-58(62)68)65-31-27-45(59-33-43-15-3-7-19-51(43)53-21-9-11-23-55(53)59)35-63(65)64-36-46(28-32-66(64)69)60-34-44-16-4-8-20-52(44)54-22-10-12-24-56(54)60/h1-40,70-71H. The number of aromatic hydroxyl groups is 2. The molecule has 2 N–H and O–H groups in total. The van der Waals surface area contributed by atoms with Crippen molar-refractivity contribution in [2.45, 2.75) is 5.41 Å². The average molecular weight is 903 g/mol. The minimum Gasteiger partial charge on any atom is -0.508 e. The van der Waals surface area contributed by atoms with Gasteiger partial charge in [0.2, 0.25) is 0 Å². The molecule has 15 rings (SSSR count). The first-order valence-corrected chi connectivity index (χ1v) is 24.4. The van der Waals surface area contributed by atoms with Gasteiger partial charge in [-0.1, -0.05) is 194 Å². The van der Waals surface area contributed by atoms with Crippen LogP contribution in [0.2, 0.25) is 0 Å². The van der Waals surface area contributed by atoms with Crippen LogP contribution in [0.1, 0.15) is 22.3 Å². The summed E-state index contributed by atoms with van der Waals surface area (Å²) in [5.41, 5.74) is 9.83. The van der Waals surface area contributed by atoms with Gasteiger partial charge < -0.3 is 10.2 Å². The van der Waals surface area contributed by atoms with E-state index in [1.807, 2.05) is 24.3 Å². The average Bonchev–Trinajstić information content (AvgIpc) is 3.71. The lowest BCUT2D eigenvalue weighted by molar-refractivity contribution is 0.473. The van der Waals surface area contributed by atoms with Crippen molar-refractivity contribution in [2.24, 2.45) is 0 Å². The quantitative estimate of drug-likeness (QED) is 0.173. The molecule has 0 heterocycles. The molecule has 1 aliphatic rings. The molecule has 0 unspecified atom stereocenters. The van der Waals surface area contributed by atoms with Gasteiger partial charge in [0.05, 0.1) is 5.41 Å². The fourth-order valence-electron chi connectivity index (χ4n) is 12.8. The van der Waals surface area contributed by atoms with Crippen molar-refractivity contribution in [1.82, 2.24) is 0 Å². The molecule has 0 bridgehead atoms. The van der Waals surface area contributed by atoms with Crippen molar-refractivity contribution in [3.05, 3.63) is 265 Å². The van der Waals surface area contributed by atoms with E-state index in [-0.39, 0.29) is 11.5 Å². The zero-order valence-electron chi connectivity index (χ0n) is 38.5. The predicted molar refractivity (Wildman–Crippen MR) is 298 cm³/mol. The van der Waals surface area contributed by atoms with E-state index < -0.39 is 5.41 Å². The lowest BCUT2D eigenvalue weighted by Gasteiger charge is -2.36. The summed E-state index contributed by atoms with van der Waals surface area (Å²) in [7, 11) is 0. The number of hydrogen-bond donors (Lipinski definition) is 2. The lowest BCUT2D eigenvalue weighted by atomic mass is 9.65. The van der Waals surface area contributed by atoms with Gasteiger partial charge in [0, 0.05) is 0 Å². The summed E-state index contributed by atoms with van der Waals surface area (Å²) in [6.07, 6.45) is 0. The van der Waals surface area contributed by atoms with E-state index in [1.54, 1.807) is 0 Å². The van der Waals surface area contributed by atoms with E-state index in [0.717, 1.165) is 87.6 Å². The van der Waals surface area contributed by atoms with Crippen molar-refractivity contribution in [1.29, 1.82) is 0 Å². The smallest absolute Gasteiger partial charge is 0.116 e. The van der Waals surface area contributed by atoms with Crippen molar-refractivity contribution >= 4 is 86.2 Å². The molecule has 330 valence electrons. The van der Waals surface area contributed by atoms with Crippen molar-refractivity contribution in [3.8, 4) is 44.9 Å². The molecule has 2 heteroatoms. The van der Waals surface area contributed by atoms with Gasteiger partial charge in [0.25, 0.3) is 0 Å². The van der Waals surface area contributed by atoms with Crippen molar-refractivity contribution < 1.29 is 10.2 Å². The van der Waals surface area contributed by atoms with Gasteiger partial charge in [0.15, 0.2) is 0 Å². The van der Waals surface area contributed by atoms with Crippen LogP contribution in [0.5, 0.6) is 11.5 Å². The number of phenols is 2. The maximum absolute atomic E-state index is 12.2. The zero-order chi connectivity index (χ0) is 47.0. The Labute approximate surface area is 409 Å². The van der Waals surface area contributed by atoms with E-state index in [2.05, 4.69) is 218 Å². The van der Waals surface area contributed by atoms with E-state index >= 15 is 0 Å². The minimum atomic E-state index is -1.03. The Hall–Kier alpha value is -9.24. The zero-order valence-corrected chi connectivity index (χ0v) is 38.5. The Kier molecular flexibility index (Phi) is 8.33. The molecule has 14 aromatic rings. The summed E-state index contributed by atoms with van der Waals surface area (Å²) in [6, 6.07) is 87.3. The minimum absolute atomic E-state index is 0.187. The van der Waals surface area contributed by atoms with Crippen molar-refractivity contribution in [2.75, 3.05) is 0 Å². The predicted octanol–water partition coefficient (Wildman–Crippen LogP) is 18.0. The van der Waals surface area contributed by atoms with Crippen LogP contribution >= 0.6 is 0 Å². The number of fused-ring (bicyclic) bond motifs is 15. The molecule has 0 aliphatic heterocycles. The molecule has 0 saturated heterocycles. The van der Waals surface area contributed by atoms with E-state index in [4.69, 9.17) is 0 Å². The number of benzene rings is 14. The summed E-state index contributed by atoms with van der Waals surface area (Å²) in [5, 5.41) is 42.5. The Bertz CT molecular complexity index is 4320. The fourth-order valence-corrected chi connectivity index (χ4v) is 12.8. The van der Waals surface area contributed by atoms with Crippen LogP contribution in [0.3, 0.4) is 0 Å². The molecule has 0 fully saturated rings. The second kappa shape index (κ2) is 14.9. The Morgan fingerprint density at radius 1 is 0.211 bits per heavy atom. The molecule has 0 atom stereocenters. The van der Waals surface area contributed by atoms with Crippen LogP contribution in [0.15, 0.2) is 243 Å². The van der Waals surface area contributed by atoms with Gasteiger partial charge in [-0.15, -0.1) is 0 Å². The third-order valence-electron chi connectivity index (χ3n) is 15.8. The van der Waals surface area contributed by atoms with Crippen LogP contribution in [0.25, 0.3) is 120 Å². The SMILES string of the molecule is Oc1cc(C2(c3cc(O)cc4c3ccc3ccccc34)c3ccc(-c4cc5ccccc5c5ccccc45)cc3-c3cc(-c4cc5ccccc5c5ccccc45)ccc32)c2ccc3ccccc3c2c1. The van der Waals surface area contributed by atoms with Crippen molar-refractivity contribution in [3.63, 3.8) is 0 Å². The van der Waals surface area contributed by atoms with E-state index in [9.17, 15) is 10.2 Å². The molecule has 2 nitrogen and oxygen atoms in total. The van der Waals surface area contributed by atoms with Gasteiger partial charge >= 0.3 is 0 Å². The second-order valence-electron chi connectivity index (χ2n) is 19.4. The topological polar surface area (TPSA) is 40.5 Å². The summed E-state index contributed by atoms with van der Waals surface area (Å²) in [5.74, 6) is 0.373. The fraction of sp³-hybridized carbons (Fsp3) is 0.0145. The van der Waals surface area contributed by atoms with Gasteiger partial charge in [0.1, 0.15) is 11.5 Å². The first-order valence-electron chi connectivity index (χ1n) is 24.4. The van der Waals surface area contributed by atoms with Crippen LogP contribution in [-0.2, 0) is 5.41 Å². The van der Waals surface area contributed by atoms with Crippen LogP contribution in [0.4, 0.5) is 0 Å². The highest BCUT2D eigenvalue weighted by molar-refractivity contribution is 6.17. The summed E-state index contributed by atoms with van der Waals surface area (Å²) < 4.78 is 0. The highest BCUT2D eigenvalue weighted by Crippen LogP contribution is 2.61. The molecule has 71 heavy (non-hydrogen) atoms. The molecule has 0 amide bonds. The Balaban J connectivity index is 1.12. The maximum Gasteiger partial charge on any atom is 0.116 e. The largest absolute Gasteiger partial charge is 0.508 e. The second-order valence-corrected chi connectivity index (χ2v) is 19.4. The van der Waals surface area contributed by atoms with Gasteiger partial charge in [-0.2, -0.15) is 0 Å². The molecule has 14 aromatic carbocycles. The summed E-state index contributed by atoms with van der Waals surface area (Å²) in [4.78, 5) is 0. The molecule has 0 radical (unpaired) electrons. The van der Waals surface area contributed by atoms with E-state index in [1.165, 1.54) is 54.2 Å². The first kappa shape index (κ1) is 39.7. The number of phenolic OH excluding ortho intramolecular Hbond substituents is 2. The molecular weight excluding hydrogens is 861 g/mol. The number of hydrogen-bond acceptors (Lipinski definition) is 2.